The average molecular weight is 445 g/mol. The van der Waals surface area contributed by atoms with Crippen LogP contribution in [0.5, 0.6) is 0 Å². The molecular formula is C21H24N4O5S. The van der Waals surface area contributed by atoms with Gasteiger partial charge in [-0.05, 0) is 49.2 Å². The van der Waals surface area contributed by atoms with Crippen LogP contribution < -0.4 is 15.8 Å². The van der Waals surface area contributed by atoms with E-state index in [1.165, 1.54) is 24.3 Å². The molecule has 164 valence electrons. The van der Waals surface area contributed by atoms with E-state index in [9.17, 15) is 22.8 Å². The van der Waals surface area contributed by atoms with Crippen LogP contribution in [0.25, 0.3) is 0 Å². The third-order valence-electron chi connectivity index (χ3n) is 5.10. The molecule has 1 heterocycles. The molecule has 0 saturated carbocycles. The van der Waals surface area contributed by atoms with E-state index >= 15 is 0 Å². The van der Waals surface area contributed by atoms with Gasteiger partial charge < -0.3 is 15.5 Å². The molecule has 1 aliphatic rings. The lowest BCUT2D eigenvalue weighted by atomic mass is 9.95. The SMILES string of the molecule is NS(=O)(=O)c1ccc(NC(=O)C2CCN(C(=O)CNC(=O)c3ccccc3)CC2)cc1. The van der Waals surface area contributed by atoms with Crippen LogP contribution in [0.3, 0.4) is 0 Å². The number of rotatable bonds is 6. The fourth-order valence-electron chi connectivity index (χ4n) is 3.32. The first-order valence-electron chi connectivity index (χ1n) is 9.79. The zero-order chi connectivity index (χ0) is 22.4. The second-order valence-corrected chi connectivity index (χ2v) is 8.82. The van der Waals surface area contributed by atoms with Crippen molar-refractivity contribution in [3.05, 3.63) is 60.2 Å². The molecule has 0 spiro atoms. The summed E-state index contributed by atoms with van der Waals surface area (Å²) in [6, 6.07) is 14.3. The summed E-state index contributed by atoms with van der Waals surface area (Å²) in [6.45, 7) is 0.742. The molecule has 0 aliphatic carbocycles. The van der Waals surface area contributed by atoms with Crippen molar-refractivity contribution in [2.75, 3.05) is 25.0 Å². The summed E-state index contributed by atoms with van der Waals surface area (Å²) in [7, 11) is -3.79. The molecule has 9 nitrogen and oxygen atoms in total. The molecule has 3 amide bonds. The fourth-order valence-corrected chi connectivity index (χ4v) is 3.84. The Hall–Kier alpha value is -3.24. The van der Waals surface area contributed by atoms with E-state index in [2.05, 4.69) is 10.6 Å². The second-order valence-electron chi connectivity index (χ2n) is 7.26. The highest BCUT2D eigenvalue weighted by atomic mass is 32.2. The van der Waals surface area contributed by atoms with Gasteiger partial charge in [0.1, 0.15) is 0 Å². The standard InChI is InChI=1S/C21H24N4O5S/c22-31(29,30)18-8-6-17(7-9-18)24-21(28)16-10-12-25(13-11-16)19(26)14-23-20(27)15-4-2-1-3-5-15/h1-9,16H,10-14H2,(H,23,27)(H,24,28)(H2,22,29,30). The van der Waals surface area contributed by atoms with Gasteiger partial charge in [0.15, 0.2) is 0 Å². The maximum Gasteiger partial charge on any atom is 0.251 e. The fraction of sp³-hybridized carbons (Fsp3) is 0.286. The lowest BCUT2D eigenvalue weighted by molar-refractivity contribution is -0.133. The van der Waals surface area contributed by atoms with Gasteiger partial charge >= 0.3 is 0 Å². The number of primary sulfonamides is 1. The largest absolute Gasteiger partial charge is 0.343 e. The molecule has 2 aromatic carbocycles. The third-order valence-corrected chi connectivity index (χ3v) is 6.03. The molecule has 0 aromatic heterocycles. The van der Waals surface area contributed by atoms with E-state index in [1.807, 2.05) is 6.07 Å². The van der Waals surface area contributed by atoms with Gasteiger partial charge in [0, 0.05) is 30.3 Å². The Labute approximate surface area is 180 Å². The molecule has 0 radical (unpaired) electrons. The quantitative estimate of drug-likeness (QED) is 0.609. The zero-order valence-electron chi connectivity index (χ0n) is 16.8. The number of anilines is 1. The van der Waals surface area contributed by atoms with Crippen molar-refractivity contribution >= 4 is 33.4 Å². The van der Waals surface area contributed by atoms with Crippen LogP contribution >= 0.6 is 0 Å². The van der Waals surface area contributed by atoms with Crippen molar-refractivity contribution in [2.24, 2.45) is 11.1 Å². The van der Waals surface area contributed by atoms with Crippen LogP contribution in [0.1, 0.15) is 23.2 Å². The number of carbonyl (C=O) groups is 3. The highest BCUT2D eigenvalue weighted by molar-refractivity contribution is 7.89. The van der Waals surface area contributed by atoms with Crippen molar-refractivity contribution in [1.82, 2.24) is 10.2 Å². The molecule has 31 heavy (non-hydrogen) atoms. The van der Waals surface area contributed by atoms with Gasteiger partial charge in [0.2, 0.25) is 21.8 Å². The maximum atomic E-state index is 12.5. The second kappa shape index (κ2) is 9.71. The van der Waals surface area contributed by atoms with Crippen LogP contribution in [0, 0.1) is 5.92 Å². The third kappa shape index (κ3) is 6.12. The van der Waals surface area contributed by atoms with E-state index in [-0.39, 0.29) is 35.1 Å². The highest BCUT2D eigenvalue weighted by Gasteiger charge is 2.27. The van der Waals surface area contributed by atoms with Crippen LogP contribution in [0.15, 0.2) is 59.5 Å². The van der Waals surface area contributed by atoms with Gasteiger partial charge in [-0.3, -0.25) is 14.4 Å². The normalized spacial score (nSPS) is 14.7. The summed E-state index contributed by atoms with van der Waals surface area (Å²) in [5, 5.41) is 10.4. The average Bonchev–Trinajstić information content (AvgIpc) is 2.77. The first-order chi connectivity index (χ1) is 14.7. The lowest BCUT2D eigenvalue weighted by Gasteiger charge is -2.31. The number of benzene rings is 2. The van der Waals surface area contributed by atoms with Gasteiger partial charge in [0.25, 0.3) is 5.91 Å². The van der Waals surface area contributed by atoms with Crippen molar-refractivity contribution < 1.29 is 22.8 Å². The van der Waals surface area contributed by atoms with Crippen LogP contribution in [0.2, 0.25) is 0 Å². The molecule has 0 unspecified atom stereocenters. The summed E-state index contributed by atoms with van der Waals surface area (Å²) >= 11 is 0. The Kier molecular flexibility index (Phi) is 7.03. The molecule has 2 aromatic rings. The van der Waals surface area contributed by atoms with E-state index in [1.54, 1.807) is 29.2 Å². The topological polar surface area (TPSA) is 139 Å². The summed E-state index contributed by atoms with van der Waals surface area (Å²) in [5.74, 6) is -0.952. The Bertz CT molecular complexity index is 1050. The molecule has 3 rings (SSSR count). The number of piperidine rings is 1. The van der Waals surface area contributed by atoms with Gasteiger partial charge in [-0.1, -0.05) is 18.2 Å². The van der Waals surface area contributed by atoms with Gasteiger partial charge in [-0.15, -0.1) is 0 Å². The van der Waals surface area contributed by atoms with Crippen molar-refractivity contribution in [3.63, 3.8) is 0 Å². The van der Waals surface area contributed by atoms with Crippen molar-refractivity contribution in [3.8, 4) is 0 Å². The number of sulfonamides is 1. The van der Waals surface area contributed by atoms with Crippen LogP contribution in [-0.4, -0.2) is 50.7 Å². The Morgan fingerprint density at radius 3 is 2.16 bits per heavy atom. The summed E-state index contributed by atoms with van der Waals surface area (Å²) in [6.07, 6.45) is 0.999. The number of carbonyl (C=O) groups excluding carboxylic acids is 3. The first-order valence-corrected chi connectivity index (χ1v) is 11.3. The van der Waals surface area contributed by atoms with E-state index in [0.29, 0.717) is 37.2 Å². The Morgan fingerprint density at radius 2 is 1.58 bits per heavy atom. The zero-order valence-corrected chi connectivity index (χ0v) is 17.6. The predicted octanol–water partition coefficient (Wildman–Crippen LogP) is 0.941. The number of hydrogen-bond acceptors (Lipinski definition) is 5. The summed E-state index contributed by atoms with van der Waals surface area (Å²) in [5.41, 5.74) is 0.960. The van der Waals surface area contributed by atoms with Crippen molar-refractivity contribution in [2.45, 2.75) is 17.7 Å². The summed E-state index contributed by atoms with van der Waals surface area (Å²) in [4.78, 5) is 38.5. The lowest BCUT2D eigenvalue weighted by Crippen LogP contribution is -2.45. The molecule has 1 saturated heterocycles. The smallest absolute Gasteiger partial charge is 0.251 e. The number of nitrogens with two attached hydrogens (primary N) is 1. The number of amides is 3. The molecule has 4 N–H and O–H groups in total. The first kappa shape index (κ1) is 22.4. The summed E-state index contributed by atoms with van der Waals surface area (Å²) < 4.78 is 22.6. The number of likely N-dealkylation sites (tertiary alicyclic amines) is 1. The minimum absolute atomic E-state index is 0.0309. The maximum absolute atomic E-state index is 12.5. The van der Waals surface area contributed by atoms with Gasteiger partial charge in [-0.25, -0.2) is 13.6 Å². The minimum atomic E-state index is -3.79. The number of hydrogen-bond donors (Lipinski definition) is 3. The molecular weight excluding hydrogens is 420 g/mol. The molecule has 1 aliphatic heterocycles. The molecule has 10 heteroatoms. The predicted molar refractivity (Wildman–Crippen MR) is 115 cm³/mol. The van der Waals surface area contributed by atoms with Crippen molar-refractivity contribution in [1.29, 1.82) is 0 Å². The van der Waals surface area contributed by atoms with Gasteiger partial charge in [-0.2, -0.15) is 0 Å². The van der Waals surface area contributed by atoms with E-state index in [0.717, 1.165) is 0 Å². The van der Waals surface area contributed by atoms with E-state index in [4.69, 9.17) is 5.14 Å². The molecule has 0 atom stereocenters. The van der Waals surface area contributed by atoms with E-state index < -0.39 is 10.0 Å². The Balaban J connectivity index is 1.44. The van der Waals surface area contributed by atoms with Crippen LogP contribution in [-0.2, 0) is 19.6 Å². The molecule has 0 bridgehead atoms. The monoisotopic (exact) mass is 444 g/mol. The van der Waals surface area contributed by atoms with Gasteiger partial charge in [0.05, 0.1) is 11.4 Å². The minimum Gasteiger partial charge on any atom is -0.343 e. The molecule has 1 fully saturated rings. The number of nitrogens with zero attached hydrogens (tertiary/aromatic N) is 1. The number of nitrogens with one attached hydrogen (secondary N) is 2. The highest BCUT2D eigenvalue weighted by Crippen LogP contribution is 2.20. The Morgan fingerprint density at radius 1 is 0.968 bits per heavy atom. The van der Waals surface area contributed by atoms with Crippen LogP contribution in [0.4, 0.5) is 5.69 Å².